The van der Waals surface area contributed by atoms with Crippen LogP contribution in [0.3, 0.4) is 0 Å². The summed E-state index contributed by atoms with van der Waals surface area (Å²) in [6, 6.07) is 4.73. The molecule has 0 fully saturated rings. The molecular weight excluding hydrogens is 342 g/mol. The molecule has 1 aromatic heterocycles. The van der Waals surface area contributed by atoms with Gasteiger partial charge in [-0.1, -0.05) is 0 Å². The van der Waals surface area contributed by atoms with Gasteiger partial charge in [0.2, 0.25) is 0 Å². The zero-order chi connectivity index (χ0) is 14.9. The predicted octanol–water partition coefficient (Wildman–Crippen LogP) is 4.60. The zero-order valence-corrected chi connectivity index (χ0v) is 13.7. The van der Waals surface area contributed by atoms with Crippen LogP contribution in [0.25, 0.3) is 0 Å². The lowest BCUT2D eigenvalue weighted by molar-refractivity contribution is -0.384. The molecule has 0 spiro atoms. The molecule has 7 heteroatoms. The van der Waals surface area contributed by atoms with Gasteiger partial charge in [-0.15, -0.1) is 11.3 Å². The minimum atomic E-state index is -0.398. The number of nitrogens with zero attached hydrogens (tertiary/aromatic N) is 2. The summed E-state index contributed by atoms with van der Waals surface area (Å²) < 4.78 is 0.800. The van der Waals surface area contributed by atoms with Gasteiger partial charge >= 0.3 is 0 Å². The Morgan fingerprint density at radius 3 is 2.70 bits per heavy atom. The number of aromatic nitrogens is 1. The van der Waals surface area contributed by atoms with E-state index in [0.717, 1.165) is 20.1 Å². The quantitative estimate of drug-likeness (QED) is 0.642. The lowest BCUT2D eigenvalue weighted by atomic mass is 10.2. The molecule has 1 heterocycles. The average Bonchev–Trinajstić information content (AvgIpc) is 2.71. The highest BCUT2D eigenvalue weighted by Gasteiger charge is 2.16. The molecule has 20 heavy (non-hydrogen) atoms. The Morgan fingerprint density at radius 2 is 2.15 bits per heavy atom. The maximum absolute atomic E-state index is 10.8. The van der Waals surface area contributed by atoms with E-state index in [4.69, 9.17) is 0 Å². The first-order chi connectivity index (χ1) is 9.38. The maximum atomic E-state index is 10.8. The van der Waals surface area contributed by atoms with Crippen LogP contribution in [0.1, 0.15) is 28.5 Å². The number of hydrogen-bond acceptors (Lipinski definition) is 5. The van der Waals surface area contributed by atoms with Crippen LogP contribution in [-0.4, -0.2) is 9.91 Å². The van der Waals surface area contributed by atoms with Gasteiger partial charge in [0.05, 0.1) is 27.4 Å². The Labute approximate surface area is 129 Å². The fourth-order valence-corrected chi connectivity index (χ4v) is 3.28. The van der Waals surface area contributed by atoms with Gasteiger partial charge in [-0.3, -0.25) is 10.1 Å². The molecule has 1 aromatic carbocycles. The lowest BCUT2D eigenvalue weighted by Crippen LogP contribution is -2.07. The first kappa shape index (κ1) is 14.9. The van der Waals surface area contributed by atoms with Crippen molar-refractivity contribution in [2.45, 2.75) is 26.8 Å². The van der Waals surface area contributed by atoms with Gasteiger partial charge in [0.1, 0.15) is 0 Å². The van der Waals surface area contributed by atoms with Crippen molar-refractivity contribution in [3.63, 3.8) is 0 Å². The number of nitrogens with one attached hydrogen (secondary N) is 1. The maximum Gasteiger partial charge on any atom is 0.271 e. The molecular formula is C13H14BrN3O2S. The van der Waals surface area contributed by atoms with Crippen molar-refractivity contribution < 1.29 is 4.92 Å². The fourth-order valence-electron chi connectivity index (χ4n) is 1.99. The third-order valence-electron chi connectivity index (χ3n) is 2.87. The van der Waals surface area contributed by atoms with Crippen molar-refractivity contribution in [2.75, 3.05) is 5.32 Å². The van der Waals surface area contributed by atoms with Gasteiger partial charge < -0.3 is 5.32 Å². The van der Waals surface area contributed by atoms with Gasteiger partial charge in [0, 0.05) is 21.5 Å². The Bertz CT molecular complexity index is 657. The van der Waals surface area contributed by atoms with Gasteiger partial charge in [0.25, 0.3) is 5.69 Å². The van der Waals surface area contributed by atoms with Gasteiger partial charge in [-0.25, -0.2) is 4.98 Å². The molecule has 0 saturated carbocycles. The van der Waals surface area contributed by atoms with Gasteiger partial charge in [-0.05, 0) is 42.8 Å². The Balaban J connectivity index is 2.27. The molecule has 1 N–H and O–H groups in total. The second-order valence-electron chi connectivity index (χ2n) is 4.47. The molecule has 106 valence electrons. The summed E-state index contributed by atoms with van der Waals surface area (Å²) in [5, 5.41) is 15.1. The lowest BCUT2D eigenvalue weighted by Gasteiger charge is -2.15. The minimum absolute atomic E-state index is 0.0412. The molecule has 0 amide bonds. The van der Waals surface area contributed by atoms with E-state index in [-0.39, 0.29) is 11.7 Å². The zero-order valence-electron chi connectivity index (χ0n) is 11.3. The van der Waals surface area contributed by atoms with Crippen molar-refractivity contribution in [2.24, 2.45) is 0 Å². The molecule has 5 nitrogen and oxygen atoms in total. The van der Waals surface area contributed by atoms with Crippen LogP contribution >= 0.6 is 27.3 Å². The summed E-state index contributed by atoms with van der Waals surface area (Å²) in [6.07, 6.45) is 0. The summed E-state index contributed by atoms with van der Waals surface area (Å²) in [7, 11) is 0. The van der Waals surface area contributed by atoms with Crippen molar-refractivity contribution >= 4 is 38.6 Å². The van der Waals surface area contributed by atoms with Crippen LogP contribution in [0.2, 0.25) is 0 Å². The van der Waals surface area contributed by atoms with Crippen LogP contribution in [-0.2, 0) is 0 Å². The summed E-state index contributed by atoms with van der Waals surface area (Å²) in [5.41, 5.74) is 1.77. The minimum Gasteiger partial charge on any atom is -0.377 e. The van der Waals surface area contributed by atoms with Gasteiger partial charge in [0.15, 0.2) is 0 Å². The van der Waals surface area contributed by atoms with E-state index in [1.165, 1.54) is 12.1 Å². The number of halogens is 1. The number of aryl methyl sites for hydroxylation is 2. The van der Waals surface area contributed by atoms with Crippen LogP contribution in [0.4, 0.5) is 11.4 Å². The monoisotopic (exact) mass is 355 g/mol. The average molecular weight is 356 g/mol. The molecule has 0 saturated heterocycles. The highest BCUT2D eigenvalue weighted by molar-refractivity contribution is 9.10. The highest BCUT2D eigenvalue weighted by atomic mass is 79.9. The number of nitro groups is 1. The summed E-state index contributed by atoms with van der Waals surface area (Å²) in [4.78, 5) is 16.0. The van der Waals surface area contributed by atoms with Gasteiger partial charge in [-0.2, -0.15) is 0 Å². The number of anilines is 1. The van der Waals surface area contributed by atoms with E-state index in [1.54, 1.807) is 17.4 Å². The van der Waals surface area contributed by atoms with Crippen molar-refractivity contribution in [1.29, 1.82) is 0 Å². The third-order valence-corrected chi connectivity index (χ3v) is 4.81. The third kappa shape index (κ3) is 3.16. The molecule has 1 atom stereocenters. The van der Waals surface area contributed by atoms with E-state index in [2.05, 4.69) is 26.2 Å². The first-order valence-electron chi connectivity index (χ1n) is 6.03. The standard InChI is InChI=1S/C13H14BrN3O2S/c1-7-13(20-9(3)15-7)8(2)16-12-6-10(17(18)19)4-5-11(12)14/h4-6,8,16H,1-3H3. The van der Waals surface area contributed by atoms with Crippen molar-refractivity contribution in [1.82, 2.24) is 4.98 Å². The number of rotatable bonds is 4. The summed E-state index contributed by atoms with van der Waals surface area (Å²) in [5.74, 6) is 0. The number of benzene rings is 1. The molecule has 2 rings (SSSR count). The van der Waals surface area contributed by atoms with E-state index < -0.39 is 4.92 Å². The number of thiazole rings is 1. The summed E-state index contributed by atoms with van der Waals surface area (Å²) >= 11 is 5.04. The largest absolute Gasteiger partial charge is 0.377 e. The highest BCUT2D eigenvalue weighted by Crippen LogP contribution is 2.32. The van der Waals surface area contributed by atoms with E-state index in [0.29, 0.717) is 5.69 Å². The smallest absolute Gasteiger partial charge is 0.271 e. The molecule has 0 aliphatic rings. The first-order valence-corrected chi connectivity index (χ1v) is 7.64. The van der Waals surface area contributed by atoms with E-state index in [1.807, 2.05) is 20.8 Å². The molecule has 0 aliphatic carbocycles. The number of non-ortho nitro benzene ring substituents is 1. The van der Waals surface area contributed by atoms with Crippen molar-refractivity contribution in [3.05, 3.63) is 48.4 Å². The number of nitro benzene ring substituents is 1. The molecule has 0 radical (unpaired) electrons. The summed E-state index contributed by atoms with van der Waals surface area (Å²) in [6.45, 7) is 5.96. The Morgan fingerprint density at radius 1 is 1.45 bits per heavy atom. The molecule has 0 bridgehead atoms. The predicted molar refractivity (Wildman–Crippen MR) is 84.4 cm³/mol. The normalized spacial score (nSPS) is 12.2. The van der Waals surface area contributed by atoms with E-state index >= 15 is 0 Å². The Hall–Kier alpha value is -1.47. The van der Waals surface area contributed by atoms with Crippen LogP contribution < -0.4 is 5.32 Å². The van der Waals surface area contributed by atoms with Crippen molar-refractivity contribution in [3.8, 4) is 0 Å². The number of hydrogen-bond donors (Lipinski definition) is 1. The second kappa shape index (κ2) is 5.88. The van der Waals surface area contributed by atoms with Crippen LogP contribution in [0.5, 0.6) is 0 Å². The fraction of sp³-hybridized carbons (Fsp3) is 0.308. The van der Waals surface area contributed by atoms with E-state index in [9.17, 15) is 10.1 Å². The topological polar surface area (TPSA) is 68.1 Å². The molecule has 2 aromatic rings. The SMILES string of the molecule is Cc1nc(C)c(C(C)Nc2cc([N+](=O)[O-])ccc2Br)s1. The molecule has 1 unspecified atom stereocenters. The molecule has 0 aliphatic heterocycles. The second-order valence-corrected chi connectivity index (χ2v) is 6.56. The Kier molecular flexibility index (Phi) is 4.39. The van der Waals surface area contributed by atoms with Crippen LogP contribution in [0, 0.1) is 24.0 Å². The van der Waals surface area contributed by atoms with Crippen LogP contribution in [0.15, 0.2) is 22.7 Å².